The third-order valence-corrected chi connectivity index (χ3v) is 9.42. The van der Waals surface area contributed by atoms with Crippen LogP contribution in [0.3, 0.4) is 0 Å². The summed E-state index contributed by atoms with van der Waals surface area (Å²) in [5, 5.41) is 11.4. The highest BCUT2D eigenvalue weighted by atomic mass is 32.1. The number of alkyl halides is 2. The average Bonchev–Trinajstić information content (AvgIpc) is 3.34. The van der Waals surface area contributed by atoms with E-state index >= 15 is 0 Å². The molecule has 3 atom stereocenters. The molecule has 202 valence electrons. The summed E-state index contributed by atoms with van der Waals surface area (Å²) in [7, 11) is 0. The summed E-state index contributed by atoms with van der Waals surface area (Å²) in [5.41, 5.74) is 0.933. The van der Waals surface area contributed by atoms with Gasteiger partial charge in [-0.2, -0.15) is 8.78 Å². The molecule has 37 heavy (non-hydrogen) atoms. The van der Waals surface area contributed by atoms with Crippen molar-refractivity contribution in [2.75, 3.05) is 32.7 Å². The van der Waals surface area contributed by atoms with Crippen LogP contribution in [0.5, 0.6) is 0 Å². The lowest BCUT2D eigenvalue weighted by Gasteiger charge is -2.35. The van der Waals surface area contributed by atoms with Gasteiger partial charge in [-0.1, -0.05) is 25.0 Å². The number of benzene rings is 1. The van der Waals surface area contributed by atoms with Crippen molar-refractivity contribution < 1.29 is 23.1 Å². The lowest BCUT2D eigenvalue weighted by atomic mass is 9.86. The smallest absolute Gasteiger partial charge is 0.320 e. The molecule has 2 saturated heterocycles. The molecule has 2 aliphatic heterocycles. The van der Waals surface area contributed by atoms with Gasteiger partial charge in [-0.15, -0.1) is 11.3 Å². The van der Waals surface area contributed by atoms with Gasteiger partial charge in [-0.3, -0.25) is 9.69 Å². The molecule has 0 unspecified atom stereocenters. The number of nitrogens with zero attached hydrogens (tertiary/aromatic N) is 3. The molecular formula is C28H36F3N3O2S. The number of aromatic nitrogens is 1. The van der Waals surface area contributed by atoms with E-state index in [0.29, 0.717) is 31.8 Å². The summed E-state index contributed by atoms with van der Waals surface area (Å²) in [4.78, 5) is 20.4. The molecular weight excluding hydrogens is 499 g/mol. The second-order valence-corrected chi connectivity index (χ2v) is 12.1. The van der Waals surface area contributed by atoms with Crippen molar-refractivity contribution in [2.45, 2.75) is 62.8 Å². The van der Waals surface area contributed by atoms with Crippen LogP contribution in [0.2, 0.25) is 0 Å². The topological polar surface area (TPSA) is 56.7 Å². The normalized spacial score (nSPS) is 24.9. The zero-order chi connectivity index (χ0) is 26.0. The second-order valence-electron chi connectivity index (χ2n) is 11.2. The van der Waals surface area contributed by atoms with Gasteiger partial charge in [0, 0.05) is 43.5 Å². The number of carbonyl (C=O) groups is 1. The number of aliphatic carboxylic acids is 1. The summed E-state index contributed by atoms with van der Waals surface area (Å²) < 4.78 is 42.9. The Morgan fingerprint density at radius 3 is 2.59 bits per heavy atom. The van der Waals surface area contributed by atoms with Crippen LogP contribution in [-0.4, -0.2) is 64.6 Å². The highest BCUT2D eigenvalue weighted by Crippen LogP contribution is 2.40. The molecule has 0 radical (unpaired) electrons. The minimum atomic E-state index is -2.86. The van der Waals surface area contributed by atoms with E-state index in [1.54, 1.807) is 17.5 Å². The van der Waals surface area contributed by atoms with Crippen molar-refractivity contribution in [3.05, 3.63) is 52.2 Å². The number of rotatable bonds is 11. The zero-order valence-corrected chi connectivity index (χ0v) is 21.9. The maximum Gasteiger partial charge on any atom is 0.320 e. The van der Waals surface area contributed by atoms with Crippen molar-refractivity contribution in [2.24, 2.45) is 17.8 Å². The van der Waals surface area contributed by atoms with E-state index in [-0.39, 0.29) is 35.0 Å². The number of hydrogen-bond acceptors (Lipinski definition) is 5. The standard InChI is InChI=1S/C28H36F3N3O2S/c29-23-3-1-2-21(15-23)24-18-34(25(26(35)36)14-20-4-5-20)17-22(24)16-33-11-7-19(8-12-33)6-9-28(30,31)27-32-10-13-37-27/h1-3,10,13,15,19-20,22,24-25H,4-9,11-12,14,16-18H2,(H,35,36)/t22-,24+,25+/m0/s1. The summed E-state index contributed by atoms with van der Waals surface area (Å²) in [6, 6.07) is 6.23. The second kappa shape index (κ2) is 11.4. The molecule has 5 rings (SSSR count). The van der Waals surface area contributed by atoms with E-state index in [2.05, 4.69) is 14.8 Å². The molecule has 3 heterocycles. The van der Waals surface area contributed by atoms with Gasteiger partial charge in [0.15, 0.2) is 5.01 Å². The predicted molar refractivity (Wildman–Crippen MR) is 137 cm³/mol. The molecule has 0 spiro atoms. The van der Waals surface area contributed by atoms with Crippen molar-refractivity contribution >= 4 is 17.3 Å². The van der Waals surface area contributed by atoms with Gasteiger partial charge in [0.2, 0.25) is 0 Å². The summed E-state index contributed by atoms with van der Waals surface area (Å²) in [6.45, 7) is 3.83. The molecule has 1 aromatic carbocycles. The van der Waals surface area contributed by atoms with E-state index in [1.807, 2.05) is 6.07 Å². The first-order chi connectivity index (χ1) is 17.8. The quantitative estimate of drug-likeness (QED) is 0.392. The number of halogens is 3. The first-order valence-corrected chi connectivity index (χ1v) is 14.4. The fourth-order valence-corrected chi connectivity index (χ4v) is 6.87. The number of carboxylic acid groups (broad SMARTS) is 1. The van der Waals surface area contributed by atoms with Crippen molar-refractivity contribution in [3.63, 3.8) is 0 Å². The Morgan fingerprint density at radius 1 is 1.16 bits per heavy atom. The third kappa shape index (κ3) is 6.73. The van der Waals surface area contributed by atoms with Crippen LogP contribution >= 0.6 is 11.3 Å². The lowest BCUT2D eigenvalue weighted by Crippen LogP contribution is -2.42. The molecule has 1 aromatic heterocycles. The van der Waals surface area contributed by atoms with Gasteiger partial charge < -0.3 is 10.0 Å². The Balaban J connectivity index is 1.19. The van der Waals surface area contributed by atoms with Crippen LogP contribution < -0.4 is 0 Å². The minimum absolute atomic E-state index is 0.0754. The van der Waals surface area contributed by atoms with E-state index in [0.717, 1.165) is 62.2 Å². The maximum atomic E-state index is 14.4. The summed E-state index contributed by atoms with van der Waals surface area (Å²) >= 11 is 1.01. The van der Waals surface area contributed by atoms with Gasteiger partial charge in [0.05, 0.1) is 0 Å². The molecule has 5 nitrogen and oxygen atoms in total. The van der Waals surface area contributed by atoms with Gasteiger partial charge in [-0.05, 0) is 74.2 Å². The number of likely N-dealkylation sites (tertiary alicyclic amines) is 2. The van der Waals surface area contributed by atoms with Crippen LogP contribution in [-0.2, 0) is 10.7 Å². The fourth-order valence-electron chi connectivity index (χ4n) is 6.22. The summed E-state index contributed by atoms with van der Waals surface area (Å²) in [6.07, 6.45) is 6.43. The number of hydrogen-bond donors (Lipinski definition) is 1. The number of piperidine rings is 1. The molecule has 3 fully saturated rings. The van der Waals surface area contributed by atoms with E-state index in [9.17, 15) is 23.1 Å². The van der Waals surface area contributed by atoms with E-state index < -0.39 is 17.9 Å². The van der Waals surface area contributed by atoms with Crippen molar-refractivity contribution in [3.8, 4) is 0 Å². The molecule has 1 N–H and O–H groups in total. The Hall–Kier alpha value is -1.97. The molecule has 1 aliphatic carbocycles. The molecule has 0 amide bonds. The Kier molecular flexibility index (Phi) is 8.22. The van der Waals surface area contributed by atoms with Crippen LogP contribution in [0.4, 0.5) is 13.2 Å². The Morgan fingerprint density at radius 2 is 1.95 bits per heavy atom. The number of carboxylic acids is 1. The predicted octanol–water partition coefficient (Wildman–Crippen LogP) is 5.84. The van der Waals surface area contributed by atoms with Crippen LogP contribution in [0.1, 0.15) is 61.4 Å². The molecule has 2 aromatic rings. The fraction of sp³-hybridized carbons (Fsp3) is 0.643. The highest BCUT2D eigenvalue weighted by Gasteiger charge is 2.42. The van der Waals surface area contributed by atoms with Crippen LogP contribution in [0.25, 0.3) is 0 Å². The molecule has 1 saturated carbocycles. The van der Waals surface area contributed by atoms with Gasteiger partial charge in [0.1, 0.15) is 11.9 Å². The van der Waals surface area contributed by atoms with Crippen LogP contribution in [0.15, 0.2) is 35.8 Å². The van der Waals surface area contributed by atoms with Gasteiger partial charge in [-0.25, -0.2) is 9.37 Å². The van der Waals surface area contributed by atoms with Crippen molar-refractivity contribution in [1.82, 2.24) is 14.8 Å². The van der Waals surface area contributed by atoms with Crippen molar-refractivity contribution in [1.29, 1.82) is 0 Å². The summed E-state index contributed by atoms with van der Waals surface area (Å²) in [5.74, 6) is -2.83. The SMILES string of the molecule is O=C(O)[C@@H](CC1CC1)N1C[C@H](CN2CCC(CCC(F)(F)c3nccs3)CC2)[C@@H](c2cccc(F)c2)C1. The first-order valence-electron chi connectivity index (χ1n) is 13.5. The molecule has 9 heteroatoms. The lowest BCUT2D eigenvalue weighted by molar-refractivity contribution is -0.143. The van der Waals surface area contributed by atoms with Gasteiger partial charge in [0.25, 0.3) is 5.92 Å². The Labute approximate surface area is 220 Å². The number of thiazole rings is 1. The van der Waals surface area contributed by atoms with E-state index in [4.69, 9.17) is 0 Å². The molecule has 0 bridgehead atoms. The largest absolute Gasteiger partial charge is 0.480 e. The van der Waals surface area contributed by atoms with Gasteiger partial charge >= 0.3 is 5.97 Å². The van der Waals surface area contributed by atoms with E-state index in [1.165, 1.54) is 12.3 Å². The average molecular weight is 536 g/mol. The third-order valence-electron chi connectivity index (χ3n) is 8.54. The Bertz CT molecular complexity index is 1040. The van der Waals surface area contributed by atoms with Crippen LogP contribution in [0, 0.1) is 23.6 Å². The monoisotopic (exact) mass is 535 g/mol. The molecule has 3 aliphatic rings. The highest BCUT2D eigenvalue weighted by molar-refractivity contribution is 7.09. The minimum Gasteiger partial charge on any atom is -0.480 e. The zero-order valence-electron chi connectivity index (χ0n) is 21.1. The first kappa shape index (κ1) is 26.6. The maximum absolute atomic E-state index is 14.4.